The van der Waals surface area contributed by atoms with Crippen molar-refractivity contribution in [3.05, 3.63) is 35.8 Å². The number of carbonyl (C=O) groups is 1. The van der Waals surface area contributed by atoms with E-state index in [9.17, 15) is 4.79 Å². The molecule has 0 spiro atoms. The third-order valence-corrected chi connectivity index (χ3v) is 2.93. The van der Waals surface area contributed by atoms with Gasteiger partial charge in [-0.1, -0.05) is 6.07 Å². The highest BCUT2D eigenvalue weighted by Crippen LogP contribution is 2.27. The van der Waals surface area contributed by atoms with Crippen LogP contribution in [0.15, 0.2) is 24.4 Å². The van der Waals surface area contributed by atoms with E-state index in [0.717, 1.165) is 16.9 Å². The summed E-state index contributed by atoms with van der Waals surface area (Å²) in [5.41, 5.74) is 2.65. The summed E-state index contributed by atoms with van der Waals surface area (Å²) in [6.45, 7) is 0.405. The van der Waals surface area contributed by atoms with Gasteiger partial charge in [0.1, 0.15) is 11.6 Å². The van der Waals surface area contributed by atoms with Gasteiger partial charge in [-0.15, -0.1) is 10.2 Å². The van der Waals surface area contributed by atoms with Gasteiger partial charge in [-0.25, -0.2) is 4.79 Å². The summed E-state index contributed by atoms with van der Waals surface area (Å²) in [5.74, 6) is 0.209. The Labute approximate surface area is 119 Å². The van der Waals surface area contributed by atoms with Gasteiger partial charge in [0.2, 0.25) is 5.82 Å². The van der Waals surface area contributed by atoms with Crippen LogP contribution in [0, 0.1) is 11.3 Å². The molecular weight excluding hydrogens is 272 g/mol. The van der Waals surface area contributed by atoms with Gasteiger partial charge in [-0.2, -0.15) is 10.5 Å². The smallest absolute Gasteiger partial charge is 0.319 e. The Hall–Kier alpha value is -3.41. The Morgan fingerprint density at radius 2 is 2.38 bits per heavy atom. The summed E-state index contributed by atoms with van der Waals surface area (Å²) in [4.78, 5) is 11.3. The number of carbonyl (C=O) groups excluding carboxylic acids is 1. The average molecular weight is 282 g/mol. The molecule has 0 atom stereocenters. The van der Waals surface area contributed by atoms with Gasteiger partial charge in [0.05, 0.1) is 0 Å². The standard InChI is InChI=1S/C12H10N8O/c13-4-7(11-17-19-20-18-11)5-14-9-2-1-3-10-8(9)6-15-12(21)16-10/h1-3,5,14H,6H2,(H2,15,16,21)(H,17,18,19,20). The minimum Gasteiger partial charge on any atom is -0.360 e. The van der Waals surface area contributed by atoms with E-state index in [1.165, 1.54) is 6.20 Å². The molecule has 3 rings (SSSR count). The van der Waals surface area contributed by atoms with Gasteiger partial charge in [0.25, 0.3) is 0 Å². The lowest BCUT2D eigenvalue weighted by molar-refractivity contribution is 0.251. The zero-order valence-corrected chi connectivity index (χ0v) is 10.7. The van der Waals surface area contributed by atoms with Crippen LogP contribution < -0.4 is 16.0 Å². The lowest BCUT2D eigenvalue weighted by atomic mass is 10.1. The van der Waals surface area contributed by atoms with Gasteiger partial charge in [0.15, 0.2) is 0 Å². The van der Waals surface area contributed by atoms with Crippen LogP contribution in [0.5, 0.6) is 0 Å². The quantitative estimate of drug-likeness (QED) is 0.616. The average Bonchev–Trinajstić information content (AvgIpc) is 3.02. The molecule has 9 heteroatoms. The Morgan fingerprint density at radius 1 is 1.48 bits per heavy atom. The molecular formula is C12H10N8O. The molecule has 4 N–H and O–H groups in total. The summed E-state index contributed by atoms with van der Waals surface area (Å²) < 4.78 is 0. The summed E-state index contributed by atoms with van der Waals surface area (Å²) in [7, 11) is 0. The van der Waals surface area contributed by atoms with Crippen LogP contribution in [0.1, 0.15) is 11.4 Å². The Balaban J connectivity index is 1.88. The van der Waals surface area contributed by atoms with Crippen molar-refractivity contribution in [1.29, 1.82) is 5.26 Å². The van der Waals surface area contributed by atoms with Gasteiger partial charge in [-0.3, -0.25) is 0 Å². The number of nitrogens with one attached hydrogen (secondary N) is 4. The molecule has 2 amide bonds. The normalized spacial score (nSPS) is 13.7. The van der Waals surface area contributed by atoms with Gasteiger partial charge < -0.3 is 16.0 Å². The molecule has 2 aromatic rings. The first-order valence-corrected chi connectivity index (χ1v) is 6.05. The van der Waals surface area contributed by atoms with Crippen molar-refractivity contribution in [1.82, 2.24) is 25.9 Å². The van der Waals surface area contributed by atoms with E-state index in [1.807, 2.05) is 18.2 Å². The molecule has 104 valence electrons. The summed E-state index contributed by atoms with van der Waals surface area (Å²) in [5, 5.41) is 30.7. The van der Waals surface area contributed by atoms with E-state index >= 15 is 0 Å². The van der Waals surface area contributed by atoms with Crippen LogP contribution in [0.2, 0.25) is 0 Å². The monoisotopic (exact) mass is 282 g/mol. The second-order valence-electron chi connectivity index (χ2n) is 4.19. The topological polar surface area (TPSA) is 131 Å². The summed E-state index contributed by atoms with van der Waals surface area (Å²) in [6, 6.07) is 7.22. The molecule has 0 fully saturated rings. The SMILES string of the molecule is N#CC(=CNc1cccc2c1CNC(=O)N2)c1nn[nH]n1. The molecule has 21 heavy (non-hydrogen) atoms. The first-order valence-electron chi connectivity index (χ1n) is 6.05. The van der Waals surface area contributed by atoms with Crippen molar-refractivity contribution in [2.75, 3.05) is 10.6 Å². The number of amides is 2. The molecule has 1 aromatic carbocycles. The maximum atomic E-state index is 11.3. The predicted molar refractivity (Wildman–Crippen MR) is 73.7 cm³/mol. The Bertz CT molecular complexity index is 743. The number of hydrogen-bond donors (Lipinski definition) is 4. The number of tetrazole rings is 1. The van der Waals surface area contributed by atoms with Gasteiger partial charge in [-0.05, 0) is 17.3 Å². The van der Waals surface area contributed by atoms with Crippen LogP contribution >= 0.6 is 0 Å². The number of nitrogens with zero attached hydrogens (tertiary/aromatic N) is 4. The number of H-pyrrole nitrogens is 1. The molecule has 1 aliphatic rings. The molecule has 1 aromatic heterocycles. The first kappa shape index (κ1) is 12.6. The largest absolute Gasteiger partial charge is 0.360 e. The number of urea groups is 1. The number of rotatable bonds is 3. The van der Waals surface area contributed by atoms with Crippen LogP contribution in [0.4, 0.5) is 16.2 Å². The maximum absolute atomic E-state index is 11.3. The zero-order valence-electron chi connectivity index (χ0n) is 10.7. The van der Waals surface area contributed by atoms with Gasteiger partial charge in [0, 0.05) is 29.7 Å². The molecule has 0 aliphatic carbocycles. The highest BCUT2D eigenvalue weighted by atomic mass is 16.2. The zero-order chi connectivity index (χ0) is 14.7. The van der Waals surface area contributed by atoms with Crippen molar-refractivity contribution in [3.8, 4) is 6.07 Å². The number of nitriles is 1. The van der Waals surface area contributed by atoms with E-state index in [2.05, 4.69) is 36.6 Å². The maximum Gasteiger partial charge on any atom is 0.319 e. The number of anilines is 2. The third kappa shape index (κ3) is 2.50. The molecule has 0 radical (unpaired) electrons. The van der Waals surface area contributed by atoms with E-state index in [0.29, 0.717) is 6.54 Å². The number of benzene rings is 1. The second-order valence-corrected chi connectivity index (χ2v) is 4.19. The van der Waals surface area contributed by atoms with E-state index in [-0.39, 0.29) is 17.4 Å². The number of allylic oxidation sites excluding steroid dienone is 1. The molecule has 0 unspecified atom stereocenters. The van der Waals surface area contributed by atoms with Crippen LogP contribution in [0.25, 0.3) is 5.57 Å². The van der Waals surface area contributed by atoms with Crippen molar-refractivity contribution in [3.63, 3.8) is 0 Å². The fraction of sp³-hybridized carbons (Fsp3) is 0.0833. The molecule has 1 aliphatic heterocycles. The predicted octanol–water partition coefficient (Wildman–Crippen LogP) is 0.811. The Kier molecular flexibility index (Phi) is 3.18. The van der Waals surface area contributed by atoms with Crippen LogP contribution in [0.3, 0.4) is 0 Å². The molecule has 0 saturated heterocycles. The highest BCUT2D eigenvalue weighted by Gasteiger charge is 2.16. The third-order valence-electron chi connectivity index (χ3n) is 2.93. The molecule has 2 heterocycles. The number of hydrogen-bond acceptors (Lipinski definition) is 6. The molecule has 0 bridgehead atoms. The summed E-state index contributed by atoms with van der Waals surface area (Å²) in [6.07, 6.45) is 1.50. The Morgan fingerprint density at radius 3 is 3.14 bits per heavy atom. The van der Waals surface area contributed by atoms with Crippen molar-refractivity contribution in [2.45, 2.75) is 6.54 Å². The highest BCUT2D eigenvalue weighted by molar-refractivity contribution is 5.93. The fourth-order valence-electron chi connectivity index (χ4n) is 1.94. The lowest BCUT2D eigenvalue weighted by Crippen LogP contribution is -2.33. The first-order chi connectivity index (χ1) is 10.3. The minimum absolute atomic E-state index is 0.209. The fourth-order valence-corrected chi connectivity index (χ4v) is 1.94. The van der Waals surface area contributed by atoms with E-state index in [1.54, 1.807) is 6.07 Å². The van der Waals surface area contributed by atoms with Crippen molar-refractivity contribution >= 4 is 23.0 Å². The van der Waals surface area contributed by atoms with E-state index < -0.39 is 0 Å². The van der Waals surface area contributed by atoms with E-state index in [4.69, 9.17) is 5.26 Å². The van der Waals surface area contributed by atoms with Gasteiger partial charge >= 0.3 is 6.03 Å². The van der Waals surface area contributed by atoms with Crippen molar-refractivity contribution < 1.29 is 4.79 Å². The number of aromatic amines is 1. The minimum atomic E-state index is -0.236. The van der Waals surface area contributed by atoms with Crippen LogP contribution in [-0.2, 0) is 6.54 Å². The number of aromatic nitrogens is 4. The second kappa shape index (κ2) is 5.30. The van der Waals surface area contributed by atoms with Crippen LogP contribution in [-0.4, -0.2) is 26.7 Å². The summed E-state index contributed by atoms with van der Waals surface area (Å²) >= 11 is 0. The molecule has 0 saturated carbocycles. The molecule has 9 nitrogen and oxygen atoms in total. The lowest BCUT2D eigenvalue weighted by Gasteiger charge is -2.20. The number of fused-ring (bicyclic) bond motifs is 1. The van der Waals surface area contributed by atoms with Crippen molar-refractivity contribution in [2.24, 2.45) is 0 Å².